The molecule has 15 heavy (non-hydrogen) atoms. The van der Waals surface area contributed by atoms with Crippen molar-refractivity contribution in [3.63, 3.8) is 0 Å². The summed E-state index contributed by atoms with van der Waals surface area (Å²) < 4.78 is 0. The summed E-state index contributed by atoms with van der Waals surface area (Å²) in [6.07, 6.45) is 1.80. The van der Waals surface area contributed by atoms with Crippen molar-refractivity contribution < 1.29 is 15.1 Å². The highest BCUT2D eigenvalue weighted by atomic mass is 16.5. The molecule has 0 aromatic rings. The van der Waals surface area contributed by atoms with Crippen molar-refractivity contribution in [2.75, 3.05) is 0 Å². The van der Waals surface area contributed by atoms with Crippen LogP contribution in [0.4, 0.5) is 0 Å². The largest absolute Gasteiger partial charge is 0.481 e. The quantitative estimate of drug-likeness (QED) is 0.740. The van der Waals surface area contributed by atoms with Gasteiger partial charge >= 0.3 is 5.97 Å². The number of carboxylic acid groups (broad SMARTS) is 1. The van der Waals surface area contributed by atoms with Gasteiger partial charge in [0.1, 0.15) is 0 Å². The summed E-state index contributed by atoms with van der Waals surface area (Å²) in [6, 6.07) is 0. The molecule has 1 saturated heterocycles. The molecule has 1 heterocycles. The Hall–Kier alpha value is -0.610. The third-order valence-corrected chi connectivity index (χ3v) is 3.64. The molecule has 0 aromatic heterocycles. The van der Waals surface area contributed by atoms with E-state index in [-0.39, 0.29) is 17.9 Å². The van der Waals surface area contributed by atoms with Crippen molar-refractivity contribution >= 4 is 5.97 Å². The van der Waals surface area contributed by atoms with Crippen molar-refractivity contribution in [3.8, 4) is 0 Å². The standard InChI is InChI=1S/C11H21NO3/c1-10(2)6-5-8(7-9(13)14)11(3,4)12(10)15/h8,15H,5-7H2,1-4H3,(H,13,14). The van der Waals surface area contributed by atoms with E-state index in [0.29, 0.717) is 0 Å². The van der Waals surface area contributed by atoms with Gasteiger partial charge in [-0.15, -0.1) is 0 Å². The molecule has 2 N–H and O–H groups in total. The highest BCUT2D eigenvalue weighted by Crippen LogP contribution is 2.41. The van der Waals surface area contributed by atoms with Gasteiger partial charge in [-0.3, -0.25) is 4.79 Å². The summed E-state index contributed by atoms with van der Waals surface area (Å²) in [7, 11) is 0. The van der Waals surface area contributed by atoms with Crippen LogP contribution in [0, 0.1) is 5.92 Å². The minimum atomic E-state index is -0.791. The number of piperidine rings is 1. The Morgan fingerprint density at radius 2 is 1.93 bits per heavy atom. The summed E-state index contributed by atoms with van der Waals surface area (Å²) >= 11 is 0. The van der Waals surface area contributed by atoms with E-state index >= 15 is 0 Å². The molecule has 0 amide bonds. The fourth-order valence-corrected chi connectivity index (χ4v) is 2.50. The number of carboxylic acids is 1. The zero-order chi connectivity index (χ0) is 11.9. The average Bonchev–Trinajstić information content (AvgIpc) is 2.08. The fraction of sp³-hybridized carbons (Fsp3) is 0.909. The fourth-order valence-electron chi connectivity index (χ4n) is 2.50. The first-order chi connectivity index (χ1) is 6.68. The summed E-state index contributed by atoms with van der Waals surface area (Å²) in [6.45, 7) is 7.76. The van der Waals surface area contributed by atoms with Gasteiger partial charge in [-0.05, 0) is 46.5 Å². The van der Waals surface area contributed by atoms with Crippen LogP contribution in [0.25, 0.3) is 0 Å². The lowest BCUT2D eigenvalue weighted by Crippen LogP contribution is -2.61. The van der Waals surface area contributed by atoms with Gasteiger partial charge < -0.3 is 10.3 Å². The van der Waals surface area contributed by atoms with Crippen LogP contribution in [0.3, 0.4) is 0 Å². The Morgan fingerprint density at radius 1 is 1.40 bits per heavy atom. The molecule has 1 fully saturated rings. The minimum absolute atomic E-state index is 0.00743. The van der Waals surface area contributed by atoms with Gasteiger partial charge in [-0.1, -0.05) is 0 Å². The van der Waals surface area contributed by atoms with Crippen LogP contribution >= 0.6 is 0 Å². The molecule has 4 nitrogen and oxygen atoms in total. The molecule has 0 saturated carbocycles. The SMILES string of the molecule is CC1(C)CCC(CC(=O)O)C(C)(C)N1O. The van der Waals surface area contributed by atoms with E-state index in [1.165, 1.54) is 5.06 Å². The van der Waals surface area contributed by atoms with Gasteiger partial charge in [0, 0.05) is 17.5 Å². The van der Waals surface area contributed by atoms with Crippen molar-refractivity contribution in [3.05, 3.63) is 0 Å². The van der Waals surface area contributed by atoms with E-state index in [1.807, 2.05) is 27.7 Å². The lowest BCUT2D eigenvalue weighted by atomic mass is 9.72. The molecule has 1 unspecified atom stereocenters. The molecule has 1 atom stereocenters. The van der Waals surface area contributed by atoms with Crippen LogP contribution < -0.4 is 0 Å². The molecule has 4 heteroatoms. The van der Waals surface area contributed by atoms with E-state index in [1.54, 1.807) is 0 Å². The lowest BCUT2D eigenvalue weighted by molar-refractivity contribution is -0.259. The first-order valence-corrected chi connectivity index (χ1v) is 5.39. The molecular weight excluding hydrogens is 194 g/mol. The Morgan fingerprint density at radius 3 is 2.40 bits per heavy atom. The topological polar surface area (TPSA) is 60.8 Å². The molecule has 1 aliphatic rings. The highest BCUT2D eigenvalue weighted by molar-refractivity contribution is 5.67. The van der Waals surface area contributed by atoms with Crippen molar-refractivity contribution in [2.45, 2.75) is 58.0 Å². The molecule has 0 aromatic carbocycles. The van der Waals surface area contributed by atoms with E-state index < -0.39 is 11.5 Å². The molecule has 0 bridgehead atoms. The van der Waals surface area contributed by atoms with Crippen LogP contribution in [-0.4, -0.2) is 32.4 Å². The van der Waals surface area contributed by atoms with Crippen molar-refractivity contribution in [2.24, 2.45) is 5.92 Å². The Balaban J connectivity index is 2.84. The van der Waals surface area contributed by atoms with Crippen LogP contribution in [-0.2, 0) is 4.79 Å². The van der Waals surface area contributed by atoms with Crippen LogP contribution in [0.2, 0.25) is 0 Å². The third kappa shape index (κ3) is 2.32. The molecular formula is C11H21NO3. The predicted molar refractivity (Wildman–Crippen MR) is 56.8 cm³/mol. The lowest BCUT2D eigenvalue weighted by Gasteiger charge is -2.52. The maximum absolute atomic E-state index is 10.7. The summed E-state index contributed by atoms with van der Waals surface area (Å²) in [5.74, 6) is -0.783. The normalized spacial score (nSPS) is 30.1. The van der Waals surface area contributed by atoms with Crippen LogP contribution in [0.15, 0.2) is 0 Å². The van der Waals surface area contributed by atoms with Crippen molar-refractivity contribution in [1.82, 2.24) is 5.06 Å². The van der Waals surface area contributed by atoms with Crippen LogP contribution in [0.5, 0.6) is 0 Å². The molecule has 0 spiro atoms. The number of carbonyl (C=O) groups is 1. The number of hydroxylamine groups is 2. The molecule has 1 aliphatic heterocycles. The van der Waals surface area contributed by atoms with E-state index in [9.17, 15) is 10.0 Å². The molecule has 88 valence electrons. The molecule has 0 aliphatic carbocycles. The zero-order valence-corrected chi connectivity index (χ0v) is 9.95. The van der Waals surface area contributed by atoms with Gasteiger partial charge in [0.05, 0.1) is 0 Å². The number of nitrogens with zero attached hydrogens (tertiary/aromatic N) is 1. The average molecular weight is 215 g/mol. The number of aliphatic carboxylic acids is 1. The zero-order valence-electron chi connectivity index (χ0n) is 9.95. The number of hydrogen-bond acceptors (Lipinski definition) is 3. The highest BCUT2D eigenvalue weighted by Gasteiger charge is 2.47. The summed E-state index contributed by atoms with van der Waals surface area (Å²) in [5, 5.41) is 20.2. The second-order valence-electron chi connectivity index (χ2n) is 5.61. The Kier molecular flexibility index (Phi) is 3.12. The second kappa shape index (κ2) is 3.76. The second-order valence-corrected chi connectivity index (χ2v) is 5.61. The Labute approximate surface area is 90.8 Å². The van der Waals surface area contributed by atoms with Gasteiger partial charge in [-0.25, -0.2) is 0 Å². The smallest absolute Gasteiger partial charge is 0.303 e. The monoisotopic (exact) mass is 215 g/mol. The third-order valence-electron chi connectivity index (χ3n) is 3.64. The molecule has 1 rings (SSSR count). The maximum Gasteiger partial charge on any atom is 0.303 e. The number of hydrogen-bond donors (Lipinski definition) is 2. The summed E-state index contributed by atoms with van der Waals surface area (Å²) in [5.41, 5.74) is -0.737. The van der Waals surface area contributed by atoms with E-state index in [2.05, 4.69) is 0 Å². The van der Waals surface area contributed by atoms with Crippen LogP contribution in [0.1, 0.15) is 47.0 Å². The number of rotatable bonds is 2. The van der Waals surface area contributed by atoms with Gasteiger partial charge in [-0.2, -0.15) is 5.06 Å². The van der Waals surface area contributed by atoms with Gasteiger partial charge in [0.15, 0.2) is 0 Å². The van der Waals surface area contributed by atoms with Gasteiger partial charge in [0.2, 0.25) is 0 Å². The first kappa shape index (κ1) is 12.5. The first-order valence-electron chi connectivity index (χ1n) is 5.39. The molecule has 0 radical (unpaired) electrons. The minimum Gasteiger partial charge on any atom is -0.481 e. The predicted octanol–water partition coefficient (Wildman–Crippen LogP) is 2.12. The van der Waals surface area contributed by atoms with E-state index in [4.69, 9.17) is 5.11 Å². The van der Waals surface area contributed by atoms with Gasteiger partial charge in [0.25, 0.3) is 0 Å². The van der Waals surface area contributed by atoms with Crippen molar-refractivity contribution in [1.29, 1.82) is 0 Å². The maximum atomic E-state index is 10.7. The van der Waals surface area contributed by atoms with E-state index in [0.717, 1.165) is 12.8 Å². The summed E-state index contributed by atoms with van der Waals surface area (Å²) in [4.78, 5) is 10.7. The Bertz CT molecular complexity index is 261.